The predicted molar refractivity (Wildman–Crippen MR) is 122 cm³/mol. The number of rotatable bonds is 5. The molecule has 0 radical (unpaired) electrons. The van der Waals surface area contributed by atoms with Gasteiger partial charge < -0.3 is 28.6 Å². The first kappa shape index (κ1) is 27.6. The summed E-state index contributed by atoms with van der Waals surface area (Å²) in [6.45, 7) is 7.03. The highest BCUT2D eigenvalue weighted by Crippen LogP contribution is 2.09. The van der Waals surface area contributed by atoms with Gasteiger partial charge in [0.25, 0.3) is 0 Å². The fourth-order valence-electron chi connectivity index (χ4n) is 2.94. The second-order valence-corrected chi connectivity index (χ2v) is 9.17. The van der Waals surface area contributed by atoms with Gasteiger partial charge in [0.1, 0.15) is 0 Å². The number of ether oxygens (including phenoxy) is 5. The lowest BCUT2D eigenvalue weighted by atomic mass is 10.2. The first-order valence-corrected chi connectivity index (χ1v) is 12.7. The normalized spacial score (nSPS) is 18.9. The average Bonchev–Trinajstić information content (AvgIpc) is 2.79. The van der Waals surface area contributed by atoms with Gasteiger partial charge in [0.05, 0.1) is 71.0 Å². The molecule has 1 saturated heterocycles. The Hall–Kier alpha value is -1.60. The molecule has 1 amide bonds. The fourth-order valence-corrected chi connectivity index (χ4v) is 3.98. The molecule has 0 aromatic heterocycles. The van der Waals surface area contributed by atoms with Gasteiger partial charge in [0.15, 0.2) is 0 Å². The van der Waals surface area contributed by atoms with Crippen molar-refractivity contribution in [1.29, 1.82) is 0 Å². The van der Waals surface area contributed by atoms with Crippen molar-refractivity contribution in [2.24, 2.45) is 0 Å². The number of hydrogen-bond acceptors (Lipinski definition) is 8. The molecule has 1 aliphatic heterocycles. The molecule has 0 saturated carbocycles. The third-order valence-electron chi connectivity index (χ3n) is 4.81. The number of sulfonamides is 1. The van der Waals surface area contributed by atoms with E-state index in [1.165, 1.54) is 0 Å². The quantitative estimate of drug-likeness (QED) is 0.641. The first-order valence-electron chi connectivity index (χ1n) is 11.2. The van der Waals surface area contributed by atoms with Crippen molar-refractivity contribution in [1.82, 2.24) is 9.62 Å². The minimum Gasteiger partial charge on any atom is -0.377 e. The third kappa shape index (κ3) is 11.9. The van der Waals surface area contributed by atoms with E-state index in [1.54, 1.807) is 29.2 Å². The van der Waals surface area contributed by atoms with E-state index in [-0.39, 0.29) is 23.8 Å². The SMILES string of the molecule is Cc1ccc(S(=O)(=O)NCCC(=O)N2CCOCCOCCOCCOCCOCC2)cc1. The van der Waals surface area contributed by atoms with Crippen LogP contribution in [0.25, 0.3) is 0 Å². The van der Waals surface area contributed by atoms with Gasteiger partial charge in [0.2, 0.25) is 15.9 Å². The number of nitrogens with zero attached hydrogens (tertiary/aromatic N) is 1. The summed E-state index contributed by atoms with van der Waals surface area (Å²) in [7, 11) is -3.66. The molecule has 1 aromatic rings. The highest BCUT2D eigenvalue weighted by atomic mass is 32.2. The van der Waals surface area contributed by atoms with Crippen LogP contribution in [0, 0.1) is 6.92 Å². The lowest BCUT2D eigenvalue weighted by Crippen LogP contribution is -2.39. The number of carbonyl (C=O) groups excluding carboxylic acids is 1. The van der Waals surface area contributed by atoms with Crippen molar-refractivity contribution in [3.8, 4) is 0 Å². The van der Waals surface area contributed by atoms with Crippen LogP contribution >= 0.6 is 0 Å². The summed E-state index contributed by atoms with van der Waals surface area (Å²) in [5.74, 6) is -0.173. The van der Waals surface area contributed by atoms with Crippen LogP contribution in [-0.4, -0.2) is 105 Å². The van der Waals surface area contributed by atoms with E-state index in [9.17, 15) is 13.2 Å². The van der Waals surface area contributed by atoms with E-state index in [2.05, 4.69) is 4.72 Å². The summed E-state index contributed by atoms with van der Waals surface area (Å²) < 4.78 is 54.6. The lowest BCUT2D eigenvalue weighted by molar-refractivity contribution is -0.132. The zero-order chi connectivity index (χ0) is 23.8. The highest BCUT2D eigenvalue weighted by molar-refractivity contribution is 7.89. The number of benzene rings is 1. The van der Waals surface area contributed by atoms with Gasteiger partial charge >= 0.3 is 0 Å². The lowest BCUT2D eigenvalue weighted by Gasteiger charge is -2.23. The largest absolute Gasteiger partial charge is 0.377 e. The van der Waals surface area contributed by atoms with Crippen LogP contribution in [0.2, 0.25) is 0 Å². The van der Waals surface area contributed by atoms with Crippen molar-refractivity contribution in [3.63, 3.8) is 0 Å². The smallest absolute Gasteiger partial charge is 0.240 e. The molecule has 0 spiro atoms. The summed E-state index contributed by atoms with van der Waals surface area (Å²) in [6.07, 6.45) is 0.0390. The topological polar surface area (TPSA) is 113 Å². The molecule has 0 aliphatic carbocycles. The van der Waals surface area contributed by atoms with E-state index in [1.807, 2.05) is 6.92 Å². The molecule has 1 N–H and O–H groups in total. The first-order chi connectivity index (χ1) is 16.0. The summed E-state index contributed by atoms with van der Waals surface area (Å²) in [5.41, 5.74) is 0.972. The zero-order valence-electron chi connectivity index (χ0n) is 19.3. The van der Waals surface area contributed by atoms with Gasteiger partial charge in [-0.15, -0.1) is 0 Å². The van der Waals surface area contributed by atoms with E-state index < -0.39 is 10.0 Å². The maximum Gasteiger partial charge on any atom is 0.240 e. The van der Waals surface area contributed by atoms with Gasteiger partial charge in [-0.05, 0) is 19.1 Å². The number of aryl methyl sites for hydroxylation is 1. The minimum atomic E-state index is -3.66. The number of hydrogen-bond donors (Lipinski definition) is 1. The Bertz CT molecular complexity index is 755. The molecule has 0 bridgehead atoms. The molecule has 0 unspecified atom stereocenters. The van der Waals surface area contributed by atoms with Crippen molar-refractivity contribution >= 4 is 15.9 Å². The van der Waals surface area contributed by atoms with Gasteiger partial charge in [-0.2, -0.15) is 0 Å². The van der Waals surface area contributed by atoms with Gasteiger partial charge in [-0.25, -0.2) is 13.1 Å². The van der Waals surface area contributed by atoms with Crippen molar-refractivity contribution in [2.45, 2.75) is 18.2 Å². The highest BCUT2D eigenvalue weighted by Gasteiger charge is 2.17. The Kier molecular flexibility index (Phi) is 13.5. The maximum absolute atomic E-state index is 12.7. The molecule has 188 valence electrons. The van der Waals surface area contributed by atoms with Crippen molar-refractivity contribution in [3.05, 3.63) is 29.8 Å². The van der Waals surface area contributed by atoms with Gasteiger partial charge in [-0.3, -0.25) is 4.79 Å². The molecule has 1 fully saturated rings. The van der Waals surface area contributed by atoms with Crippen LogP contribution in [0.4, 0.5) is 0 Å². The average molecular weight is 489 g/mol. The molecule has 1 aliphatic rings. The van der Waals surface area contributed by atoms with E-state index in [4.69, 9.17) is 23.7 Å². The molecule has 1 heterocycles. The molecule has 11 heteroatoms. The van der Waals surface area contributed by atoms with Crippen LogP contribution < -0.4 is 4.72 Å². The van der Waals surface area contributed by atoms with Gasteiger partial charge in [-0.1, -0.05) is 17.7 Å². The van der Waals surface area contributed by atoms with E-state index in [0.717, 1.165) is 5.56 Å². The van der Waals surface area contributed by atoms with Crippen LogP contribution in [-0.2, 0) is 38.5 Å². The summed E-state index contributed by atoms with van der Waals surface area (Å²) in [6, 6.07) is 6.56. The Morgan fingerprint density at radius 2 is 1.21 bits per heavy atom. The number of nitrogens with one attached hydrogen (secondary N) is 1. The van der Waals surface area contributed by atoms with Crippen molar-refractivity contribution < 1.29 is 36.9 Å². The zero-order valence-corrected chi connectivity index (χ0v) is 20.1. The van der Waals surface area contributed by atoms with E-state index in [0.29, 0.717) is 79.2 Å². The van der Waals surface area contributed by atoms with Crippen LogP contribution in [0.3, 0.4) is 0 Å². The monoisotopic (exact) mass is 488 g/mol. The minimum absolute atomic E-state index is 0.0109. The molecule has 33 heavy (non-hydrogen) atoms. The molecular weight excluding hydrogens is 452 g/mol. The molecular formula is C22H36N2O8S. The summed E-state index contributed by atoms with van der Waals surface area (Å²) in [5, 5.41) is 0. The van der Waals surface area contributed by atoms with Gasteiger partial charge in [0, 0.05) is 26.1 Å². The maximum atomic E-state index is 12.7. The van der Waals surface area contributed by atoms with Crippen LogP contribution in [0.1, 0.15) is 12.0 Å². The predicted octanol–water partition coefficient (Wildman–Crippen LogP) is 0.589. The Morgan fingerprint density at radius 3 is 1.67 bits per heavy atom. The molecule has 2 rings (SSSR count). The summed E-state index contributed by atoms with van der Waals surface area (Å²) in [4.78, 5) is 14.5. The van der Waals surface area contributed by atoms with Crippen LogP contribution in [0.5, 0.6) is 0 Å². The van der Waals surface area contributed by atoms with Crippen molar-refractivity contribution in [2.75, 3.05) is 85.7 Å². The summed E-state index contributed by atoms with van der Waals surface area (Å²) >= 11 is 0. The van der Waals surface area contributed by atoms with E-state index >= 15 is 0 Å². The fraction of sp³-hybridized carbons (Fsp3) is 0.682. The molecule has 10 nitrogen and oxygen atoms in total. The molecule has 1 aromatic carbocycles. The number of amides is 1. The molecule has 0 atom stereocenters. The third-order valence-corrected chi connectivity index (χ3v) is 6.29. The Labute approximate surface area is 196 Å². The second-order valence-electron chi connectivity index (χ2n) is 7.40. The standard InChI is InChI=1S/C22H36N2O8S/c1-20-2-4-21(5-3-20)33(26,27)23-7-6-22(25)24-8-10-28-12-14-30-16-18-32-19-17-31-15-13-29-11-9-24/h2-5,23H,6-19H2,1H3. The Balaban J connectivity index is 1.79. The number of carbonyl (C=O) groups is 1. The Morgan fingerprint density at radius 1 is 0.788 bits per heavy atom. The second kappa shape index (κ2) is 16.1. The van der Waals surface area contributed by atoms with Crippen LogP contribution in [0.15, 0.2) is 29.2 Å².